The molecule has 6 N–H and O–H groups in total. The average molecular weight is 591 g/mol. The van der Waals surface area contributed by atoms with E-state index in [0.717, 1.165) is 5.56 Å². The van der Waals surface area contributed by atoms with Gasteiger partial charge in [-0.1, -0.05) is 24.3 Å². The third-order valence-electron chi connectivity index (χ3n) is 6.50. The van der Waals surface area contributed by atoms with E-state index in [1.807, 2.05) is 25.1 Å². The number of urea groups is 1. The van der Waals surface area contributed by atoms with Crippen molar-refractivity contribution >= 4 is 46.8 Å². The van der Waals surface area contributed by atoms with Crippen molar-refractivity contribution in [2.24, 2.45) is 5.73 Å². The summed E-state index contributed by atoms with van der Waals surface area (Å²) in [7, 11) is 2.89. The number of carbonyl (C=O) groups excluding carboxylic acids is 4. The number of anilines is 3. The lowest BCUT2D eigenvalue weighted by molar-refractivity contribution is -0.141. The molecular weight excluding hydrogens is 556 g/mol. The second-order valence-electron chi connectivity index (χ2n) is 9.71. The third kappa shape index (κ3) is 9.56. The molecule has 226 valence electrons. The molecule has 0 bridgehead atoms. The molecule has 0 saturated heterocycles. The number of carboxylic acid groups (broad SMARTS) is 1. The molecule has 13 heteroatoms. The van der Waals surface area contributed by atoms with Gasteiger partial charge in [0.25, 0.3) is 0 Å². The minimum Gasteiger partial charge on any atom is -0.495 e. The molecule has 1 atom stereocenters. The van der Waals surface area contributed by atoms with Crippen LogP contribution in [-0.4, -0.2) is 58.9 Å². The number of methoxy groups -OCH3 is 1. The van der Waals surface area contributed by atoms with Crippen LogP contribution in [0.25, 0.3) is 0 Å². The number of carbonyl (C=O) groups is 5. The van der Waals surface area contributed by atoms with Gasteiger partial charge in [-0.3, -0.25) is 24.2 Å². The molecule has 3 rings (SSSR count). The zero-order valence-corrected chi connectivity index (χ0v) is 24.0. The highest BCUT2D eigenvalue weighted by Crippen LogP contribution is 2.27. The number of hydrogen-bond acceptors (Lipinski definition) is 7. The van der Waals surface area contributed by atoms with Crippen molar-refractivity contribution in [2.75, 3.05) is 30.1 Å². The zero-order chi connectivity index (χ0) is 31.5. The minimum absolute atomic E-state index is 0.00740. The number of nitrogens with two attached hydrogens (primary N) is 1. The summed E-state index contributed by atoms with van der Waals surface area (Å²) in [5.74, 6) is -2.21. The maximum Gasteiger partial charge on any atom is 0.323 e. The Morgan fingerprint density at radius 2 is 1.70 bits per heavy atom. The Labute approximate surface area is 248 Å². The van der Waals surface area contributed by atoms with Gasteiger partial charge >= 0.3 is 12.0 Å². The summed E-state index contributed by atoms with van der Waals surface area (Å²) in [5, 5.41) is 17.6. The van der Waals surface area contributed by atoms with Crippen LogP contribution >= 0.6 is 0 Å². The molecule has 13 nitrogen and oxygen atoms in total. The summed E-state index contributed by atoms with van der Waals surface area (Å²) in [5.41, 5.74) is 8.41. The molecule has 0 aliphatic heterocycles. The number of nitrogens with zero attached hydrogens (tertiary/aromatic N) is 2. The molecule has 1 aromatic heterocycles. The van der Waals surface area contributed by atoms with Gasteiger partial charge in [0.15, 0.2) is 0 Å². The van der Waals surface area contributed by atoms with Crippen LogP contribution in [0.3, 0.4) is 0 Å². The van der Waals surface area contributed by atoms with Crippen LogP contribution in [0.15, 0.2) is 60.8 Å². The zero-order valence-electron chi connectivity index (χ0n) is 24.0. The Bertz CT molecular complexity index is 1490. The van der Waals surface area contributed by atoms with Gasteiger partial charge in [-0.15, -0.1) is 0 Å². The molecular formula is C30H34N6O7. The van der Waals surface area contributed by atoms with E-state index >= 15 is 0 Å². The Hall–Kier alpha value is -5.46. The van der Waals surface area contributed by atoms with Crippen molar-refractivity contribution in [3.05, 3.63) is 77.6 Å². The topological polar surface area (TPSA) is 193 Å². The lowest BCUT2D eigenvalue weighted by Crippen LogP contribution is -2.33. The van der Waals surface area contributed by atoms with Gasteiger partial charge in [-0.05, 0) is 48.4 Å². The van der Waals surface area contributed by atoms with Crippen LogP contribution in [0.2, 0.25) is 0 Å². The molecule has 0 fully saturated rings. The van der Waals surface area contributed by atoms with E-state index in [2.05, 4.69) is 20.9 Å². The normalized spacial score (nSPS) is 11.1. The Kier molecular flexibility index (Phi) is 11.2. The van der Waals surface area contributed by atoms with Gasteiger partial charge < -0.3 is 36.4 Å². The van der Waals surface area contributed by atoms with Gasteiger partial charge in [0.1, 0.15) is 5.75 Å². The molecule has 0 spiro atoms. The number of rotatable bonds is 13. The molecule has 3 aromatic rings. The van der Waals surface area contributed by atoms with Crippen molar-refractivity contribution in [1.82, 2.24) is 9.88 Å². The molecule has 0 saturated carbocycles. The van der Waals surface area contributed by atoms with E-state index in [1.54, 1.807) is 30.3 Å². The molecule has 0 aliphatic carbocycles. The smallest absolute Gasteiger partial charge is 0.323 e. The lowest BCUT2D eigenvalue weighted by Gasteiger charge is -2.27. The fourth-order valence-electron chi connectivity index (χ4n) is 4.19. The van der Waals surface area contributed by atoms with E-state index in [9.17, 15) is 29.1 Å². The van der Waals surface area contributed by atoms with Crippen LogP contribution in [-0.2, 0) is 25.6 Å². The van der Waals surface area contributed by atoms with Gasteiger partial charge in [0, 0.05) is 25.6 Å². The van der Waals surface area contributed by atoms with Gasteiger partial charge in [0.05, 0.1) is 49.3 Å². The Morgan fingerprint density at radius 3 is 2.33 bits per heavy atom. The van der Waals surface area contributed by atoms with Crippen molar-refractivity contribution in [3.63, 3.8) is 0 Å². The Balaban J connectivity index is 1.63. The van der Waals surface area contributed by atoms with E-state index in [4.69, 9.17) is 10.5 Å². The van der Waals surface area contributed by atoms with Crippen molar-refractivity contribution in [3.8, 4) is 5.75 Å². The van der Waals surface area contributed by atoms with Gasteiger partial charge in [-0.25, -0.2) is 4.79 Å². The quantitative estimate of drug-likeness (QED) is 0.200. The molecule has 2 aromatic carbocycles. The summed E-state index contributed by atoms with van der Waals surface area (Å²) >= 11 is 0. The molecule has 0 aliphatic rings. The monoisotopic (exact) mass is 590 g/mol. The second-order valence-corrected chi connectivity index (χ2v) is 9.71. The number of aromatic nitrogens is 1. The number of pyridine rings is 1. The maximum absolute atomic E-state index is 12.7. The standard InChI is InChI=1S/C30H34N6O7/c1-18-6-4-5-7-21(18)34-30(42)35-23-10-8-19(14-25(23)43-3)15-27(38)33-20-9-11-22(32-17-20)24(16-29(40)41)36(2)28(39)13-12-26(31)37/h4-11,14,17,24H,12-13,15-16H2,1-3H3,(H2,31,37)(H,33,38)(H,40,41)(H2,34,35,42). The van der Waals surface area contributed by atoms with E-state index in [1.165, 1.54) is 31.3 Å². The summed E-state index contributed by atoms with van der Waals surface area (Å²) in [4.78, 5) is 65.6. The van der Waals surface area contributed by atoms with Gasteiger partial charge in [-0.2, -0.15) is 0 Å². The lowest BCUT2D eigenvalue weighted by atomic mass is 10.1. The number of aliphatic carboxylic acids is 1. The minimum atomic E-state index is -1.14. The SMILES string of the molecule is COc1cc(CC(=O)Nc2ccc(C(CC(=O)O)N(C)C(=O)CCC(N)=O)nc2)ccc1NC(=O)Nc1ccccc1C. The summed E-state index contributed by atoms with van der Waals surface area (Å²) in [6.45, 7) is 1.88. The van der Waals surface area contributed by atoms with Gasteiger partial charge in [0.2, 0.25) is 17.7 Å². The number of hydrogen-bond donors (Lipinski definition) is 5. The van der Waals surface area contributed by atoms with Crippen LogP contribution < -0.4 is 26.4 Å². The van der Waals surface area contributed by atoms with Crippen LogP contribution in [0.4, 0.5) is 21.9 Å². The fourth-order valence-corrected chi connectivity index (χ4v) is 4.19. The number of primary amides is 1. The first-order valence-corrected chi connectivity index (χ1v) is 13.3. The number of amides is 5. The first-order chi connectivity index (χ1) is 20.5. The Morgan fingerprint density at radius 1 is 0.977 bits per heavy atom. The molecule has 1 heterocycles. The molecule has 43 heavy (non-hydrogen) atoms. The van der Waals surface area contributed by atoms with E-state index in [0.29, 0.717) is 34.1 Å². The highest BCUT2D eigenvalue weighted by molar-refractivity contribution is 6.01. The number of benzene rings is 2. The second kappa shape index (κ2) is 15.0. The van der Waals surface area contributed by atoms with E-state index in [-0.39, 0.29) is 25.2 Å². The van der Waals surface area contributed by atoms with Crippen LogP contribution in [0, 0.1) is 6.92 Å². The van der Waals surface area contributed by atoms with Crippen molar-refractivity contribution in [1.29, 1.82) is 0 Å². The predicted octanol–water partition coefficient (Wildman–Crippen LogP) is 3.46. The molecule has 5 amide bonds. The van der Waals surface area contributed by atoms with Crippen molar-refractivity contribution < 1.29 is 33.8 Å². The first-order valence-electron chi connectivity index (χ1n) is 13.3. The highest BCUT2D eigenvalue weighted by atomic mass is 16.5. The molecule has 0 radical (unpaired) electrons. The average Bonchev–Trinajstić information content (AvgIpc) is 2.96. The number of carboxylic acids is 1. The number of aryl methyl sites for hydroxylation is 1. The van der Waals surface area contributed by atoms with Crippen molar-refractivity contribution in [2.45, 2.75) is 38.6 Å². The fraction of sp³-hybridized carbons (Fsp3) is 0.267. The summed E-state index contributed by atoms with van der Waals surface area (Å²) in [6.07, 6.45) is 0.642. The molecule has 1 unspecified atom stereocenters. The number of para-hydroxylation sites is 1. The summed E-state index contributed by atoms with van der Waals surface area (Å²) in [6, 6.07) is 14.1. The van der Waals surface area contributed by atoms with Crippen LogP contribution in [0.1, 0.15) is 42.1 Å². The first kappa shape index (κ1) is 32.1. The largest absolute Gasteiger partial charge is 0.495 e. The predicted molar refractivity (Wildman–Crippen MR) is 160 cm³/mol. The highest BCUT2D eigenvalue weighted by Gasteiger charge is 2.25. The number of nitrogens with one attached hydrogen (secondary N) is 3. The van der Waals surface area contributed by atoms with E-state index < -0.39 is 36.3 Å². The van der Waals surface area contributed by atoms with Crippen LogP contribution in [0.5, 0.6) is 5.75 Å². The summed E-state index contributed by atoms with van der Waals surface area (Å²) < 4.78 is 5.41. The third-order valence-corrected chi connectivity index (χ3v) is 6.50. The number of ether oxygens (including phenoxy) is 1. The maximum atomic E-state index is 12.7.